The number of alkyl halides is 6. The van der Waals surface area contributed by atoms with Gasteiger partial charge in [0.25, 0.3) is 0 Å². The Balaban J connectivity index is 1.87. The molecule has 2 nitrogen and oxygen atoms in total. The SMILES string of the molecule is CC1C(c2ccc(F)cc2)[C@@H](OCc2cc(C(F)(F)F)cc(C(F)(F)F)c2)CC[C@H]1CN(C)C. The van der Waals surface area contributed by atoms with Crippen molar-refractivity contribution in [3.8, 4) is 0 Å². The molecule has 0 saturated heterocycles. The van der Waals surface area contributed by atoms with Crippen LogP contribution in [0.4, 0.5) is 30.7 Å². The summed E-state index contributed by atoms with van der Waals surface area (Å²) in [5.41, 5.74) is -2.08. The van der Waals surface area contributed by atoms with Crippen LogP contribution in [0.5, 0.6) is 0 Å². The predicted molar refractivity (Wildman–Crippen MR) is 115 cm³/mol. The van der Waals surface area contributed by atoms with Crippen molar-refractivity contribution in [2.75, 3.05) is 20.6 Å². The number of hydrogen-bond acceptors (Lipinski definition) is 2. The smallest absolute Gasteiger partial charge is 0.373 e. The Bertz CT molecular complexity index is 921. The van der Waals surface area contributed by atoms with Crippen LogP contribution >= 0.6 is 0 Å². The fraction of sp³-hybridized carbons (Fsp3) is 0.520. The first-order valence-corrected chi connectivity index (χ1v) is 11.1. The van der Waals surface area contributed by atoms with Crippen molar-refractivity contribution < 1.29 is 35.5 Å². The van der Waals surface area contributed by atoms with Gasteiger partial charge in [-0.25, -0.2) is 4.39 Å². The van der Waals surface area contributed by atoms with Crippen molar-refractivity contribution in [1.82, 2.24) is 4.90 Å². The molecule has 0 heterocycles. The summed E-state index contributed by atoms with van der Waals surface area (Å²) >= 11 is 0. The van der Waals surface area contributed by atoms with E-state index in [0.717, 1.165) is 18.5 Å². The van der Waals surface area contributed by atoms with Gasteiger partial charge in [0.15, 0.2) is 0 Å². The highest BCUT2D eigenvalue weighted by atomic mass is 19.4. The fourth-order valence-corrected chi connectivity index (χ4v) is 4.88. The lowest BCUT2D eigenvalue weighted by Crippen LogP contribution is -2.40. The van der Waals surface area contributed by atoms with Crippen LogP contribution in [0, 0.1) is 17.7 Å². The Morgan fingerprint density at radius 2 is 1.44 bits per heavy atom. The van der Waals surface area contributed by atoms with Gasteiger partial charge in [-0.2, -0.15) is 26.3 Å². The molecule has 1 aliphatic rings. The molecule has 1 aliphatic carbocycles. The van der Waals surface area contributed by atoms with E-state index in [4.69, 9.17) is 4.74 Å². The molecule has 9 heteroatoms. The largest absolute Gasteiger partial charge is 0.416 e. The maximum Gasteiger partial charge on any atom is 0.416 e. The molecule has 0 amide bonds. The molecule has 2 aromatic rings. The summed E-state index contributed by atoms with van der Waals surface area (Å²) in [5.74, 6) is -0.139. The number of nitrogens with zero attached hydrogens (tertiary/aromatic N) is 1. The molecule has 0 spiro atoms. The molecular weight excluding hydrogens is 463 g/mol. The third-order valence-electron chi connectivity index (χ3n) is 6.50. The molecule has 0 aliphatic heterocycles. The van der Waals surface area contributed by atoms with Gasteiger partial charge in [0.2, 0.25) is 0 Å². The average molecular weight is 491 g/mol. The lowest BCUT2D eigenvalue weighted by molar-refractivity contribution is -0.143. The van der Waals surface area contributed by atoms with Gasteiger partial charge in [0, 0.05) is 12.5 Å². The topological polar surface area (TPSA) is 12.5 Å². The van der Waals surface area contributed by atoms with Gasteiger partial charge in [-0.3, -0.25) is 0 Å². The Labute approximate surface area is 194 Å². The zero-order valence-electron chi connectivity index (χ0n) is 19.2. The van der Waals surface area contributed by atoms with Crippen LogP contribution in [0.3, 0.4) is 0 Å². The molecule has 0 N–H and O–H groups in total. The fourth-order valence-electron chi connectivity index (χ4n) is 4.88. The summed E-state index contributed by atoms with van der Waals surface area (Å²) < 4.78 is 98.7. The lowest BCUT2D eigenvalue weighted by atomic mass is 9.68. The molecule has 0 radical (unpaired) electrons. The van der Waals surface area contributed by atoms with Crippen LogP contribution < -0.4 is 0 Å². The van der Waals surface area contributed by atoms with Gasteiger partial charge in [-0.05, 0) is 80.2 Å². The molecule has 2 aromatic carbocycles. The molecule has 1 saturated carbocycles. The maximum atomic E-state index is 13.5. The Kier molecular flexibility index (Phi) is 7.97. The first kappa shape index (κ1) is 26.5. The van der Waals surface area contributed by atoms with E-state index in [2.05, 4.69) is 11.8 Å². The van der Waals surface area contributed by atoms with Crippen molar-refractivity contribution in [1.29, 1.82) is 0 Å². The van der Waals surface area contributed by atoms with Gasteiger partial charge >= 0.3 is 12.4 Å². The first-order chi connectivity index (χ1) is 15.8. The number of benzene rings is 2. The second kappa shape index (κ2) is 10.2. The van der Waals surface area contributed by atoms with Crippen molar-refractivity contribution in [3.63, 3.8) is 0 Å². The maximum absolute atomic E-state index is 13.5. The molecular formula is C25H28F7NO. The van der Waals surface area contributed by atoms with Crippen LogP contribution in [0.15, 0.2) is 42.5 Å². The zero-order chi connectivity index (χ0) is 25.3. The van der Waals surface area contributed by atoms with E-state index < -0.39 is 35.4 Å². The molecule has 188 valence electrons. The summed E-state index contributed by atoms with van der Waals surface area (Å²) in [5, 5.41) is 0. The Morgan fingerprint density at radius 1 is 0.882 bits per heavy atom. The van der Waals surface area contributed by atoms with E-state index in [1.54, 1.807) is 12.1 Å². The van der Waals surface area contributed by atoms with Crippen LogP contribution in [-0.2, 0) is 23.7 Å². The van der Waals surface area contributed by atoms with E-state index >= 15 is 0 Å². The van der Waals surface area contributed by atoms with E-state index in [1.807, 2.05) is 14.1 Å². The van der Waals surface area contributed by atoms with Crippen molar-refractivity contribution in [2.24, 2.45) is 11.8 Å². The minimum atomic E-state index is -4.91. The van der Waals surface area contributed by atoms with Crippen LogP contribution in [0.1, 0.15) is 47.9 Å². The number of halogens is 7. The van der Waals surface area contributed by atoms with Gasteiger partial charge in [-0.15, -0.1) is 0 Å². The monoisotopic (exact) mass is 491 g/mol. The molecule has 3 rings (SSSR count). The highest BCUT2D eigenvalue weighted by molar-refractivity contribution is 5.33. The normalized spacial score (nSPS) is 24.0. The second-order valence-electron chi connectivity index (χ2n) is 9.30. The highest BCUT2D eigenvalue weighted by Gasteiger charge is 2.40. The third kappa shape index (κ3) is 6.50. The first-order valence-electron chi connectivity index (χ1n) is 11.1. The van der Waals surface area contributed by atoms with Crippen molar-refractivity contribution >= 4 is 0 Å². The molecule has 0 aromatic heterocycles. The van der Waals surface area contributed by atoms with Gasteiger partial charge in [0.1, 0.15) is 5.82 Å². The van der Waals surface area contributed by atoms with Crippen LogP contribution in [0.2, 0.25) is 0 Å². The van der Waals surface area contributed by atoms with Crippen LogP contribution in [0.25, 0.3) is 0 Å². The lowest BCUT2D eigenvalue weighted by Gasteiger charge is -2.42. The van der Waals surface area contributed by atoms with E-state index in [9.17, 15) is 30.7 Å². The number of rotatable bonds is 6. The Hall–Kier alpha value is -2.13. The second-order valence-corrected chi connectivity index (χ2v) is 9.30. The summed E-state index contributed by atoms with van der Waals surface area (Å²) in [4.78, 5) is 2.07. The van der Waals surface area contributed by atoms with Crippen molar-refractivity contribution in [3.05, 3.63) is 70.5 Å². The predicted octanol–water partition coefficient (Wildman–Crippen LogP) is 7.14. The summed E-state index contributed by atoms with van der Waals surface area (Å²) in [7, 11) is 3.93. The zero-order valence-corrected chi connectivity index (χ0v) is 19.2. The van der Waals surface area contributed by atoms with Gasteiger partial charge in [-0.1, -0.05) is 19.1 Å². The highest BCUT2D eigenvalue weighted by Crippen LogP contribution is 2.44. The summed E-state index contributed by atoms with van der Waals surface area (Å²) in [6, 6.07) is 7.52. The number of hydrogen-bond donors (Lipinski definition) is 0. The molecule has 34 heavy (non-hydrogen) atoms. The third-order valence-corrected chi connectivity index (χ3v) is 6.50. The molecule has 2 unspecified atom stereocenters. The minimum absolute atomic E-state index is 0.110. The number of ether oxygens (including phenoxy) is 1. The standard InChI is InChI=1S/C25H28F7NO/c1-15-18(13-33(2)3)6-9-22(23(15)17-4-7-21(26)8-5-17)34-14-16-10-19(24(27,28)29)12-20(11-16)25(30,31)32/h4-5,7-8,10-12,15,18,22-23H,6,9,13-14H2,1-3H3/t15?,18-,22-,23?/m0/s1. The summed E-state index contributed by atoms with van der Waals surface area (Å²) in [6.45, 7) is 2.50. The minimum Gasteiger partial charge on any atom is -0.373 e. The molecule has 1 fully saturated rings. The van der Waals surface area contributed by atoms with Crippen LogP contribution in [-0.4, -0.2) is 31.6 Å². The van der Waals surface area contributed by atoms with Gasteiger partial charge in [0.05, 0.1) is 23.8 Å². The Morgan fingerprint density at radius 3 is 1.94 bits per heavy atom. The molecule has 4 atom stereocenters. The van der Waals surface area contributed by atoms with E-state index in [0.29, 0.717) is 24.5 Å². The van der Waals surface area contributed by atoms with E-state index in [-0.39, 0.29) is 30.1 Å². The van der Waals surface area contributed by atoms with E-state index in [1.165, 1.54) is 12.1 Å². The summed E-state index contributed by atoms with van der Waals surface area (Å²) in [6.07, 6.45) is -8.85. The molecule has 0 bridgehead atoms. The van der Waals surface area contributed by atoms with Gasteiger partial charge < -0.3 is 9.64 Å². The average Bonchev–Trinajstić information content (AvgIpc) is 2.73. The quantitative estimate of drug-likeness (QED) is 0.398. The van der Waals surface area contributed by atoms with Crippen molar-refractivity contribution in [2.45, 2.75) is 50.7 Å².